The number of hydrogen-bond donors (Lipinski definition) is 2. The fourth-order valence-electron chi connectivity index (χ4n) is 3.27. The van der Waals surface area contributed by atoms with Crippen LogP contribution in [-0.4, -0.2) is 45.7 Å². The van der Waals surface area contributed by atoms with Crippen molar-refractivity contribution in [2.75, 3.05) is 19.6 Å². The third-order valence-corrected chi connectivity index (χ3v) is 4.81. The number of aromatic nitrogens is 3. The largest absolute Gasteiger partial charge is 0.338 e. The van der Waals surface area contributed by atoms with Gasteiger partial charge >= 0.3 is 6.03 Å². The maximum absolute atomic E-state index is 12.3. The highest BCUT2D eigenvalue weighted by molar-refractivity contribution is 5.74. The molecule has 1 aromatic carbocycles. The number of H-pyrrole nitrogens is 1. The monoisotopic (exact) mass is 341 g/mol. The average molecular weight is 341 g/mol. The second-order valence-electron chi connectivity index (χ2n) is 6.65. The van der Waals surface area contributed by atoms with Crippen molar-refractivity contribution < 1.29 is 4.79 Å². The summed E-state index contributed by atoms with van der Waals surface area (Å²) in [5.41, 5.74) is 1.25. The minimum absolute atomic E-state index is 0.0577. The van der Waals surface area contributed by atoms with Crippen molar-refractivity contribution in [3.63, 3.8) is 0 Å². The molecular formula is C19H27N5O. The van der Waals surface area contributed by atoms with Gasteiger partial charge in [-0.2, -0.15) is 5.10 Å². The summed E-state index contributed by atoms with van der Waals surface area (Å²) in [4.78, 5) is 18.7. The lowest BCUT2D eigenvalue weighted by Gasteiger charge is -2.31. The van der Waals surface area contributed by atoms with Crippen LogP contribution in [0.5, 0.6) is 0 Å². The maximum Gasteiger partial charge on any atom is 0.317 e. The Labute approximate surface area is 149 Å². The molecule has 1 fully saturated rings. The lowest BCUT2D eigenvalue weighted by molar-refractivity contribution is 0.170. The van der Waals surface area contributed by atoms with Gasteiger partial charge in [-0.1, -0.05) is 37.3 Å². The van der Waals surface area contributed by atoms with Gasteiger partial charge in [-0.25, -0.2) is 9.78 Å². The molecule has 25 heavy (non-hydrogen) atoms. The van der Waals surface area contributed by atoms with Crippen LogP contribution < -0.4 is 5.32 Å². The van der Waals surface area contributed by atoms with Gasteiger partial charge in [0.15, 0.2) is 0 Å². The van der Waals surface area contributed by atoms with Crippen LogP contribution in [0.15, 0.2) is 30.3 Å². The summed E-state index contributed by atoms with van der Waals surface area (Å²) in [5, 5.41) is 10.3. The number of benzene rings is 1. The smallest absolute Gasteiger partial charge is 0.317 e. The van der Waals surface area contributed by atoms with Crippen LogP contribution >= 0.6 is 0 Å². The molecule has 1 aromatic heterocycles. The van der Waals surface area contributed by atoms with Crippen molar-refractivity contribution >= 4 is 6.03 Å². The predicted molar refractivity (Wildman–Crippen MR) is 97.3 cm³/mol. The van der Waals surface area contributed by atoms with Crippen molar-refractivity contribution in [3.8, 4) is 0 Å². The first-order valence-corrected chi connectivity index (χ1v) is 9.21. The molecule has 6 heteroatoms. The highest BCUT2D eigenvalue weighted by Gasteiger charge is 2.23. The summed E-state index contributed by atoms with van der Waals surface area (Å²) in [6.45, 7) is 4.37. The van der Waals surface area contributed by atoms with Crippen LogP contribution in [0.4, 0.5) is 4.79 Å². The number of aryl methyl sites for hydroxylation is 1. The first-order chi connectivity index (χ1) is 12.2. The number of amides is 2. The highest BCUT2D eigenvalue weighted by Crippen LogP contribution is 2.20. The van der Waals surface area contributed by atoms with Gasteiger partial charge < -0.3 is 10.2 Å². The maximum atomic E-state index is 12.3. The number of nitrogens with zero attached hydrogens (tertiary/aromatic N) is 3. The number of hydrogen-bond acceptors (Lipinski definition) is 3. The summed E-state index contributed by atoms with van der Waals surface area (Å²) in [6.07, 6.45) is 4.70. The van der Waals surface area contributed by atoms with Gasteiger partial charge in [0.25, 0.3) is 0 Å². The van der Waals surface area contributed by atoms with E-state index >= 15 is 0 Å². The van der Waals surface area contributed by atoms with E-state index in [0.29, 0.717) is 12.5 Å². The summed E-state index contributed by atoms with van der Waals surface area (Å²) < 4.78 is 0. The van der Waals surface area contributed by atoms with Crippen LogP contribution in [0.1, 0.15) is 37.0 Å². The second kappa shape index (κ2) is 8.65. The molecule has 1 aliphatic rings. The number of piperidine rings is 1. The van der Waals surface area contributed by atoms with Gasteiger partial charge in [0.1, 0.15) is 11.6 Å². The summed E-state index contributed by atoms with van der Waals surface area (Å²) in [6, 6.07) is 10.3. The van der Waals surface area contributed by atoms with E-state index in [1.54, 1.807) is 0 Å². The lowest BCUT2D eigenvalue weighted by Crippen LogP contribution is -2.45. The zero-order valence-electron chi connectivity index (χ0n) is 14.9. The SMILES string of the molecule is CCc1n[nH]c(CC2CCN(C(=O)NCCc3ccccc3)CC2)n1. The Morgan fingerprint density at radius 1 is 1.28 bits per heavy atom. The molecule has 2 amide bonds. The number of nitrogens with one attached hydrogen (secondary N) is 2. The van der Waals surface area contributed by atoms with E-state index in [4.69, 9.17) is 0 Å². The van der Waals surface area contributed by atoms with Crippen molar-refractivity contribution in [2.24, 2.45) is 5.92 Å². The van der Waals surface area contributed by atoms with Crippen LogP contribution in [0.3, 0.4) is 0 Å². The molecule has 1 aliphatic heterocycles. The van der Waals surface area contributed by atoms with Crippen LogP contribution in [0.25, 0.3) is 0 Å². The number of urea groups is 1. The van der Waals surface area contributed by atoms with E-state index in [0.717, 1.165) is 56.8 Å². The van der Waals surface area contributed by atoms with Crippen molar-refractivity contribution in [3.05, 3.63) is 47.5 Å². The predicted octanol–water partition coefficient (Wildman–Crippen LogP) is 2.57. The molecular weight excluding hydrogens is 314 g/mol. The van der Waals surface area contributed by atoms with Crippen LogP contribution in [0, 0.1) is 5.92 Å². The Balaban J connectivity index is 1.37. The Kier molecular flexibility index (Phi) is 6.04. The summed E-state index contributed by atoms with van der Waals surface area (Å²) in [7, 11) is 0. The summed E-state index contributed by atoms with van der Waals surface area (Å²) >= 11 is 0. The molecule has 3 rings (SSSR count). The molecule has 0 spiro atoms. The van der Waals surface area contributed by atoms with Gasteiger partial charge in [-0.15, -0.1) is 0 Å². The van der Waals surface area contributed by atoms with Gasteiger partial charge in [0, 0.05) is 32.5 Å². The van der Waals surface area contributed by atoms with Gasteiger partial charge in [0.2, 0.25) is 0 Å². The number of rotatable bonds is 6. The zero-order valence-corrected chi connectivity index (χ0v) is 14.9. The minimum atomic E-state index is 0.0577. The number of aromatic amines is 1. The fraction of sp³-hybridized carbons (Fsp3) is 0.526. The standard InChI is InChI=1S/C19H27N5O/c1-2-17-21-18(23-22-17)14-16-9-12-24(13-10-16)19(25)20-11-8-15-6-4-3-5-7-15/h3-7,16H,2,8-14H2,1H3,(H,20,25)(H,21,22,23). The van der Waals surface area contributed by atoms with Gasteiger partial charge in [0.05, 0.1) is 0 Å². The summed E-state index contributed by atoms with van der Waals surface area (Å²) in [5.74, 6) is 2.43. The highest BCUT2D eigenvalue weighted by atomic mass is 16.2. The van der Waals surface area contributed by atoms with E-state index < -0.39 is 0 Å². The quantitative estimate of drug-likeness (QED) is 0.848. The third kappa shape index (κ3) is 5.05. The van der Waals surface area contributed by atoms with Crippen molar-refractivity contribution in [1.82, 2.24) is 25.4 Å². The third-order valence-electron chi connectivity index (χ3n) is 4.81. The molecule has 0 radical (unpaired) electrons. The first-order valence-electron chi connectivity index (χ1n) is 9.21. The van der Waals surface area contributed by atoms with Crippen molar-refractivity contribution in [1.29, 1.82) is 0 Å². The molecule has 0 saturated carbocycles. The second-order valence-corrected chi connectivity index (χ2v) is 6.65. The molecule has 2 N–H and O–H groups in total. The topological polar surface area (TPSA) is 73.9 Å². The van der Waals surface area contributed by atoms with E-state index in [2.05, 4.69) is 39.6 Å². The van der Waals surface area contributed by atoms with Crippen molar-refractivity contribution in [2.45, 2.75) is 39.0 Å². The van der Waals surface area contributed by atoms with Crippen LogP contribution in [-0.2, 0) is 19.3 Å². The Morgan fingerprint density at radius 3 is 2.72 bits per heavy atom. The molecule has 6 nitrogen and oxygen atoms in total. The molecule has 2 heterocycles. The number of likely N-dealkylation sites (tertiary alicyclic amines) is 1. The molecule has 0 aliphatic carbocycles. The van der Waals surface area contributed by atoms with Gasteiger partial charge in [-0.05, 0) is 30.7 Å². The molecule has 1 saturated heterocycles. The number of carbonyl (C=O) groups excluding carboxylic acids is 1. The molecule has 2 aromatic rings. The fourth-order valence-corrected chi connectivity index (χ4v) is 3.27. The van der Waals surface area contributed by atoms with E-state index in [1.807, 2.05) is 23.1 Å². The van der Waals surface area contributed by atoms with E-state index in [-0.39, 0.29) is 6.03 Å². The Hall–Kier alpha value is -2.37. The first kappa shape index (κ1) is 17.5. The molecule has 0 unspecified atom stereocenters. The number of carbonyl (C=O) groups is 1. The Bertz CT molecular complexity index is 661. The van der Waals surface area contributed by atoms with Crippen LogP contribution in [0.2, 0.25) is 0 Å². The Morgan fingerprint density at radius 2 is 2.04 bits per heavy atom. The molecule has 0 atom stereocenters. The van der Waals surface area contributed by atoms with Gasteiger partial charge in [-0.3, -0.25) is 5.10 Å². The molecule has 134 valence electrons. The molecule has 0 bridgehead atoms. The van der Waals surface area contributed by atoms with E-state index in [9.17, 15) is 4.79 Å². The lowest BCUT2D eigenvalue weighted by atomic mass is 9.93. The average Bonchev–Trinajstić information content (AvgIpc) is 3.11. The van der Waals surface area contributed by atoms with E-state index in [1.165, 1.54) is 5.56 Å². The zero-order chi connectivity index (χ0) is 17.5. The normalized spacial score (nSPS) is 15.3. The minimum Gasteiger partial charge on any atom is -0.338 e.